The number of carboxylic acids is 1. The molecule has 1 fully saturated rings. The number of hydrogen-bond donors (Lipinski definition) is 2. The smallest absolute Gasteiger partial charge is 0.307 e. The normalized spacial score (nSPS) is 40.4. The van der Waals surface area contributed by atoms with E-state index in [9.17, 15) is 4.79 Å². The Labute approximate surface area is 53.3 Å². The van der Waals surface area contributed by atoms with Crippen molar-refractivity contribution in [1.29, 1.82) is 0 Å². The summed E-state index contributed by atoms with van der Waals surface area (Å²) in [4.78, 5) is 10.2. The number of hydrogen-bond acceptors (Lipinski definition) is 2. The van der Waals surface area contributed by atoms with Crippen LogP contribution >= 0.6 is 0 Å². The van der Waals surface area contributed by atoms with Crippen LogP contribution in [-0.4, -0.2) is 22.8 Å². The molecule has 0 bridgehead atoms. The maximum absolute atomic E-state index is 10.2. The predicted molar refractivity (Wildman–Crippen MR) is 30.9 cm³/mol. The highest BCUT2D eigenvalue weighted by atomic mass is 16.4. The Kier molecular flexibility index (Phi) is 1.45. The van der Waals surface area contributed by atoms with Gasteiger partial charge in [-0.15, -0.1) is 0 Å². The van der Waals surface area contributed by atoms with Crippen LogP contribution in [0.25, 0.3) is 0 Å². The average molecular weight is 130 g/mol. The van der Waals surface area contributed by atoms with Crippen LogP contribution in [0.5, 0.6) is 0 Å². The summed E-state index contributed by atoms with van der Waals surface area (Å²) in [7, 11) is 0. The topological polar surface area (TPSA) is 57.5 Å². The molecule has 3 heteroatoms. The highest BCUT2D eigenvalue weighted by molar-refractivity contribution is 5.74. The second kappa shape index (κ2) is 1.99. The van der Waals surface area contributed by atoms with Crippen molar-refractivity contribution in [3.05, 3.63) is 0 Å². The van der Waals surface area contributed by atoms with Gasteiger partial charge in [0.1, 0.15) is 0 Å². The monoisotopic (exact) mass is 130 g/mol. The van der Waals surface area contributed by atoms with E-state index < -0.39 is 5.97 Å². The SMILES string of the molecule is C[C@@H]1[C@@H](CO)[C@@H]1C(=O)O. The van der Waals surface area contributed by atoms with Gasteiger partial charge in [0.25, 0.3) is 0 Å². The minimum atomic E-state index is -0.776. The lowest BCUT2D eigenvalue weighted by Gasteiger charge is -1.84. The Morgan fingerprint density at radius 3 is 2.33 bits per heavy atom. The lowest BCUT2D eigenvalue weighted by molar-refractivity contribution is -0.139. The van der Waals surface area contributed by atoms with Crippen molar-refractivity contribution in [2.75, 3.05) is 6.61 Å². The van der Waals surface area contributed by atoms with Crippen LogP contribution in [0.1, 0.15) is 6.92 Å². The summed E-state index contributed by atoms with van der Waals surface area (Å²) in [6.07, 6.45) is 0. The van der Waals surface area contributed by atoms with Crippen molar-refractivity contribution >= 4 is 5.97 Å². The number of carbonyl (C=O) groups is 1. The summed E-state index contributed by atoms with van der Waals surface area (Å²) < 4.78 is 0. The molecule has 1 saturated carbocycles. The number of aliphatic hydroxyl groups is 1. The molecule has 1 rings (SSSR count). The van der Waals surface area contributed by atoms with E-state index in [0.29, 0.717) is 0 Å². The summed E-state index contributed by atoms with van der Waals surface area (Å²) in [6.45, 7) is 1.86. The zero-order valence-electron chi connectivity index (χ0n) is 5.24. The number of aliphatic hydroxyl groups excluding tert-OH is 1. The quantitative estimate of drug-likeness (QED) is 0.550. The standard InChI is InChI=1S/C6H10O3/c1-3-4(2-7)5(3)6(8)9/h3-5,7H,2H2,1H3,(H,8,9)/t3-,4-,5-/m1/s1. The maximum Gasteiger partial charge on any atom is 0.307 e. The first-order chi connectivity index (χ1) is 4.18. The number of carboxylic acid groups (broad SMARTS) is 1. The van der Waals surface area contributed by atoms with Crippen molar-refractivity contribution < 1.29 is 15.0 Å². The first kappa shape index (κ1) is 6.55. The lowest BCUT2D eigenvalue weighted by atomic mass is 10.3. The average Bonchev–Trinajstić information content (AvgIpc) is 2.40. The van der Waals surface area contributed by atoms with Crippen molar-refractivity contribution in [3.8, 4) is 0 Å². The third kappa shape index (κ3) is 0.920. The highest BCUT2D eigenvalue weighted by Gasteiger charge is 2.51. The van der Waals surface area contributed by atoms with Gasteiger partial charge in [-0.05, 0) is 11.8 Å². The van der Waals surface area contributed by atoms with E-state index in [1.54, 1.807) is 0 Å². The van der Waals surface area contributed by atoms with Gasteiger partial charge in [-0.25, -0.2) is 0 Å². The molecule has 3 nitrogen and oxygen atoms in total. The first-order valence-electron chi connectivity index (χ1n) is 3.02. The molecule has 9 heavy (non-hydrogen) atoms. The Morgan fingerprint density at radius 1 is 1.67 bits per heavy atom. The van der Waals surface area contributed by atoms with E-state index in [0.717, 1.165) is 0 Å². The van der Waals surface area contributed by atoms with E-state index in [1.165, 1.54) is 0 Å². The zero-order chi connectivity index (χ0) is 7.02. The Hall–Kier alpha value is -0.570. The van der Waals surface area contributed by atoms with Crippen LogP contribution in [0.3, 0.4) is 0 Å². The molecule has 0 aromatic heterocycles. The van der Waals surface area contributed by atoms with Gasteiger partial charge in [0, 0.05) is 6.61 Å². The van der Waals surface area contributed by atoms with Gasteiger partial charge < -0.3 is 10.2 Å². The lowest BCUT2D eigenvalue weighted by Crippen LogP contribution is -2.01. The molecule has 0 aromatic carbocycles. The van der Waals surface area contributed by atoms with E-state index in [2.05, 4.69) is 0 Å². The third-order valence-electron chi connectivity index (χ3n) is 2.06. The van der Waals surface area contributed by atoms with E-state index in [-0.39, 0.29) is 24.4 Å². The maximum atomic E-state index is 10.2. The van der Waals surface area contributed by atoms with Gasteiger partial charge in [-0.3, -0.25) is 4.79 Å². The number of aliphatic carboxylic acids is 1. The molecular weight excluding hydrogens is 120 g/mol. The van der Waals surface area contributed by atoms with Crippen LogP contribution in [0, 0.1) is 17.8 Å². The molecule has 0 saturated heterocycles. The van der Waals surface area contributed by atoms with Crippen LogP contribution in [-0.2, 0) is 4.79 Å². The molecule has 0 amide bonds. The molecule has 0 heterocycles. The van der Waals surface area contributed by atoms with Gasteiger partial charge >= 0.3 is 5.97 Å². The first-order valence-corrected chi connectivity index (χ1v) is 3.02. The van der Waals surface area contributed by atoms with Crippen LogP contribution in [0.4, 0.5) is 0 Å². The van der Waals surface area contributed by atoms with E-state index in [4.69, 9.17) is 10.2 Å². The van der Waals surface area contributed by atoms with Crippen molar-refractivity contribution in [3.63, 3.8) is 0 Å². The minimum absolute atomic E-state index is 0.0120. The van der Waals surface area contributed by atoms with Crippen LogP contribution in [0.2, 0.25) is 0 Å². The molecule has 0 aromatic rings. The summed E-state index contributed by atoms with van der Waals surface area (Å²) >= 11 is 0. The van der Waals surface area contributed by atoms with Gasteiger partial charge in [0.2, 0.25) is 0 Å². The molecule has 0 radical (unpaired) electrons. The predicted octanol–water partition coefficient (Wildman–Crippen LogP) is -0.0546. The van der Waals surface area contributed by atoms with E-state index >= 15 is 0 Å². The molecule has 52 valence electrons. The molecule has 1 aliphatic carbocycles. The molecule has 0 unspecified atom stereocenters. The van der Waals surface area contributed by atoms with Crippen molar-refractivity contribution in [2.24, 2.45) is 17.8 Å². The fourth-order valence-electron chi connectivity index (χ4n) is 1.23. The zero-order valence-corrected chi connectivity index (χ0v) is 5.24. The summed E-state index contributed by atoms with van der Waals surface area (Å²) in [6, 6.07) is 0. The molecule has 0 spiro atoms. The largest absolute Gasteiger partial charge is 0.481 e. The molecule has 1 aliphatic rings. The second-order valence-electron chi connectivity index (χ2n) is 2.57. The van der Waals surface area contributed by atoms with Gasteiger partial charge in [-0.2, -0.15) is 0 Å². The summed E-state index contributed by atoms with van der Waals surface area (Å²) in [5.74, 6) is -0.869. The van der Waals surface area contributed by atoms with Gasteiger partial charge in [0.05, 0.1) is 5.92 Å². The highest BCUT2D eigenvalue weighted by Crippen LogP contribution is 2.45. The Bertz CT molecular complexity index is 132. The van der Waals surface area contributed by atoms with Crippen LogP contribution < -0.4 is 0 Å². The summed E-state index contributed by atoms with van der Waals surface area (Å²) in [5, 5.41) is 16.9. The fourth-order valence-corrected chi connectivity index (χ4v) is 1.23. The molecule has 3 atom stereocenters. The number of rotatable bonds is 2. The van der Waals surface area contributed by atoms with E-state index in [1.807, 2.05) is 6.92 Å². The van der Waals surface area contributed by atoms with Crippen LogP contribution in [0.15, 0.2) is 0 Å². The van der Waals surface area contributed by atoms with Crippen molar-refractivity contribution in [1.82, 2.24) is 0 Å². The minimum Gasteiger partial charge on any atom is -0.481 e. The Balaban J connectivity index is 2.42. The van der Waals surface area contributed by atoms with Crippen molar-refractivity contribution in [2.45, 2.75) is 6.92 Å². The molecular formula is C6H10O3. The van der Waals surface area contributed by atoms with Gasteiger partial charge in [-0.1, -0.05) is 6.92 Å². The van der Waals surface area contributed by atoms with Gasteiger partial charge in [0.15, 0.2) is 0 Å². The third-order valence-corrected chi connectivity index (χ3v) is 2.06. The molecule has 2 N–H and O–H groups in total. The summed E-state index contributed by atoms with van der Waals surface area (Å²) in [5.41, 5.74) is 0. The fraction of sp³-hybridized carbons (Fsp3) is 0.833. The Morgan fingerprint density at radius 2 is 2.22 bits per heavy atom. The second-order valence-corrected chi connectivity index (χ2v) is 2.57. The molecule has 0 aliphatic heterocycles.